The van der Waals surface area contributed by atoms with E-state index < -0.39 is 17.6 Å². The van der Waals surface area contributed by atoms with Crippen LogP contribution in [0.2, 0.25) is 0 Å². The van der Waals surface area contributed by atoms with Crippen molar-refractivity contribution in [1.29, 1.82) is 5.26 Å². The van der Waals surface area contributed by atoms with Gasteiger partial charge in [0.05, 0.1) is 28.3 Å². The summed E-state index contributed by atoms with van der Waals surface area (Å²) in [6.45, 7) is 2.02. The standard InChI is InChI=1S/C16H10BrF2NO3/c1-2-22-14-6-9(8-20)5-11(17)15(14)23-16(21)10-3-4-12(18)13(19)7-10/h3-7H,2H2,1H3. The molecule has 0 saturated heterocycles. The predicted octanol–water partition coefficient (Wildman–Crippen LogP) is 4.22. The molecule has 0 aromatic heterocycles. The lowest BCUT2D eigenvalue weighted by atomic mass is 10.2. The molecule has 0 saturated carbocycles. The molecule has 23 heavy (non-hydrogen) atoms. The summed E-state index contributed by atoms with van der Waals surface area (Å²) < 4.78 is 37.0. The highest BCUT2D eigenvalue weighted by atomic mass is 79.9. The number of halogens is 3. The zero-order valence-corrected chi connectivity index (χ0v) is 13.5. The number of hydrogen-bond donors (Lipinski definition) is 0. The van der Waals surface area contributed by atoms with E-state index in [1.807, 2.05) is 6.07 Å². The van der Waals surface area contributed by atoms with Gasteiger partial charge in [0, 0.05) is 6.07 Å². The average Bonchev–Trinajstić information content (AvgIpc) is 2.53. The van der Waals surface area contributed by atoms with E-state index in [2.05, 4.69) is 15.9 Å². The van der Waals surface area contributed by atoms with E-state index in [4.69, 9.17) is 14.7 Å². The number of benzene rings is 2. The van der Waals surface area contributed by atoms with Crippen LogP contribution in [0.15, 0.2) is 34.8 Å². The molecule has 2 aromatic rings. The molecule has 0 N–H and O–H groups in total. The molecule has 0 aliphatic carbocycles. The molecule has 0 unspecified atom stereocenters. The monoisotopic (exact) mass is 381 g/mol. The number of nitriles is 1. The van der Waals surface area contributed by atoms with Crippen molar-refractivity contribution in [2.45, 2.75) is 6.92 Å². The van der Waals surface area contributed by atoms with Crippen LogP contribution in [0.5, 0.6) is 11.5 Å². The molecule has 0 fully saturated rings. The van der Waals surface area contributed by atoms with E-state index in [1.165, 1.54) is 12.1 Å². The summed E-state index contributed by atoms with van der Waals surface area (Å²) in [5.41, 5.74) is 0.163. The van der Waals surface area contributed by atoms with Gasteiger partial charge < -0.3 is 9.47 Å². The zero-order valence-electron chi connectivity index (χ0n) is 11.9. The Morgan fingerprint density at radius 1 is 1.26 bits per heavy atom. The minimum atomic E-state index is -1.15. The Morgan fingerprint density at radius 2 is 2.00 bits per heavy atom. The first-order chi connectivity index (χ1) is 11.0. The van der Waals surface area contributed by atoms with Gasteiger partial charge in [-0.15, -0.1) is 0 Å². The molecule has 2 aromatic carbocycles. The first-order valence-electron chi connectivity index (χ1n) is 6.50. The van der Waals surface area contributed by atoms with Crippen LogP contribution in [-0.4, -0.2) is 12.6 Å². The van der Waals surface area contributed by atoms with E-state index in [0.717, 1.165) is 18.2 Å². The number of carbonyl (C=O) groups is 1. The molecule has 0 aliphatic heterocycles. The molecule has 4 nitrogen and oxygen atoms in total. The van der Waals surface area contributed by atoms with Crippen LogP contribution in [0.4, 0.5) is 8.78 Å². The fourth-order valence-corrected chi connectivity index (χ4v) is 2.29. The van der Waals surface area contributed by atoms with Crippen LogP contribution in [0.3, 0.4) is 0 Å². The van der Waals surface area contributed by atoms with E-state index in [9.17, 15) is 13.6 Å². The number of hydrogen-bond acceptors (Lipinski definition) is 4. The lowest BCUT2D eigenvalue weighted by Gasteiger charge is -2.13. The summed E-state index contributed by atoms with van der Waals surface area (Å²) in [5, 5.41) is 8.95. The summed E-state index contributed by atoms with van der Waals surface area (Å²) >= 11 is 3.19. The highest BCUT2D eigenvalue weighted by Crippen LogP contribution is 2.37. The van der Waals surface area contributed by atoms with Gasteiger partial charge in [0.25, 0.3) is 0 Å². The average molecular weight is 382 g/mol. The zero-order chi connectivity index (χ0) is 17.0. The second-order valence-corrected chi connectivity index (χ2v) is 5.20. The fraction of sp³-hybridized carbons (Fsp3) is 0.125. The van der Waals surface area contributed by atoms with Gasteiger partial charge in [-0.1, -0.05) is 0 Å². The Kier molecular flexibility index (Phi) is 5.29. The van der Waals surface area contributed by atoms with Crippen molar-refractivity contribution < 1.29 is 23.0 Å². The molecule has 0 spiro atoms. The smallest absolute Gasteiger partial charge is 0.343 e. The lowest BCUT2D eigenvalue weighted by Crippen LogP contribution is -2.11. The molecule has 0 heterocycles. The summed E-state index contributed by atoms with van der Waals surface area (Å²) in [5.74, 6) is -2.84. The Bertz CT molecular complexity index is 803. The van der Waals surface area contributed by atoms with Crippen LogP contribution < -0.4 is 9.47 Å². The van der Waals surface area contributed by atoms with Crippen molar-refractivity contribution in [3.05, 3.63) is 57.6 Å². The Hall–Kier alpha value is -2.46. The first kappa shape index (κ1) is 16.9. The Balaban J connectivity index is 2.36. The normalized spacial score (nSPS) is 10.0. The van der Waals surface area contributed by atoms with Crippen LogP contribution in [0.25, 0.3) is 0 Å². The van der Waals surface area contributed by atoms with Crippen molar-refractivity contribution in [3.8, 4) is 17.6 Å². The van der Waals surface area contributed by atoms with Gasteiger partial charge in [-0.3, -0.25) is 0 Å². The molecule has 0 aliphatic rings. The highest BCUT2D eigenvalue weighted by Gasteiger charge is 2.18. The van der Waals surface area contributed by atoms with Crippen LogP contribution in [0, 0.1) is 23.0 Å². The SMILES string of the molecule is CCOc1cc(C#N)cc(Br)c1OC(=O)c1ccc(F)c(F)c1. The van der Waals surface area contributed by atoms with Crippen LogP contribution in [-0.2, 0) is 0 Å². The number of nitrogens with zero attached hydrogens (tertiary/aromatic N) is 1. The molecular weight excluding hydrogens is 372 g/mol. The van der Waals surface area contributed by atoms with E-state index >= 15 is 0 Å². The number of rotatable bonds is 4. The summed E-state index contributed by atoms with van der Waals surface area (Å²) in [6.07, 6.45) is 0. The van der Waals surface area contributed by atoms with Crippen molar-refractivity contribution in [2.75, 3.05) is 6.61 Å². The van der Waals surface area contributed by atoms with Crippen molar-refractivity contribution in [3.63, 3.8) is 0 Å². The van der Waals surface area contributed by atoms with Gasteiger partial charge in [0.1, 0.15) is 0 Å². The Labute approximate surface area is 139 Å². The summed E-state index contributed by atoms with van der Waals surface area (Å²) in [4.78, 5) is 12.1. The first-order valence-corrected chi connectivity index (χ1v) is 7.29. The van der Waals surface area contributed by atoms with Gasteiger partial charge >= 0.3 is 5.97 Å². The third-order valence-corrected chi connectivity index (χ3v) is 3.38. The van der Waals surface area contributed by atoms with Gasteiger partial charge in [0.2, 0.25) is 0 Å². The maximum absolute atomic E-state index is 13.2. The second-order valence-electron chi connectivity index (χ2n) is 4.35. The minimum Gasteiger partial charge on any atom is -0.490 e. The largest absolute Gasteiger partial charge is 0.490 e. The molecule has 0 atom stereocenters. The quantitative estimate of drug-likeness (QED) is 0.587. The molecule has 118 valence electrons. The molecule has 7 heteroatoms. The third-order valence-electron chi connectivity index (χ3n) is 2.79. The summed E-state index contributed by atoms with van der Waals surface area (Å²) in [7, 11) is 0. The topological polar surface area (TPSA) is 59.3 Å². The minimum absolute atomic E-state index is 0.0561. The molecule has 2 rings (SSSR count). The van der Waals surface area contributed by atoms with Gasteiger partial charge in [-0.2, -0.15) is 5.26 Å². The maximum atomic E-state index is 13.2. The third kappa shape index (κ3) is 3.85. The number of esters is 1. The van der Waals surface area contributed by atoms with Crippen molar-refractivity contribution in [2.24, 2.45) is 0 Å². The van der Waals surface area contributed by atoms with E-state index in [-0.39, 0.29) is 23.7 Å². The van der Waals surface area contributed by atoms with Crippen LogP contribution in [0.1, 0.15) is 22.8 Å². The van der Waals surface area contributed by atoms with Crippen molar-refractivity contribution in [1.82, 2.24) is 0 Å². The number of ether oxygens (including phenoxy) is 2. The number of carbonyl (C=O) groups excluding carboxylic acids is 1. The van der Waals surface area contributed by atoms with Gasteiger partial charge in [-0.05, 0) is 47.1 Å². The summed E-state index contributed by atoms with van der Waals surface area (Å²) in [6, 6.07) is 7.52. The van der Waals surface area contributed by atoms with Gasteiger partial charge in [0.15, 0.2) is 23.1 Å². The molecule has 0 amide bonds. The van der Waals surface area contributed by atoms with Crippen molar-refractivity contribution >= 4 is 21.9 Å². The molecule has 0 bridgehead atoms. The van der Waals surface area contributed by atoms with Gasteiger partial charge in [-0.25, -0.2) is 13.6 Å². The molecular formula is C16H10BrF2NO3. The second kappa shape index (κ2) is 7.20. The van der Waals surface area contributed by atoms with E-state index in [1.54, 1.807) is 6.92 Å². The lowest BCUT2D eigenvalue weighted by molar-refractivity contribution is 0.0726. The fourth-order valence-electron chi connectivity index (χ4n) is 1.77. The van der Waals surface area contributed by atoms with E-state index in [0.29, 0.717) is 10.0 Å². The highest BCUT2D eigenvalue weighted by molar-refractivity contribution is 9.10. The predicted molar refractivity (Wildman–Crippen MR) is 81.3 cm³/mol. The Morgan fingerprint density at radius 3 is 2.61 bits per heavy atom. The maximum Gasteiger partial charge on any atom is 0.343 e. The van der Waals surface area contributed by atoms with Crippen LogP contribution >= 0.6 is 15.9 Å². The molecule has 0 radical (unpaired) electrons.